The van der Waals surface area contributed by atoms with Crippen LogP contribution in [-0.4, -0.2) is 22.3 Å². The van der Waals surface area contributed by atoms with Gasteiger partial charge < -0.3 is 9.84 Å². The summed E-state index contributed by atoms with van der Waals surface area (Å²) in [5.41, 5.74) is 3.90. The molecule has 0 aliphatic heterocycles. The van der Waals surface area contributed by atoms with E-state index in [0.29, 0.717) is 12.2 Å². The minimum Gasteiger partial charge on any atom is -0.470 e. The fourth-order valence-corrected chi connectivity index (χ4v) is 3.34. The number of hydrogen-bond donors (Lipinski definition) is 1. The third-order valence-electron chi connectivity index (χ3n) is 5.11. The van der Waals surface area contributed by atoms with Crippen molar-refractivity contribution < 1.29 is 14.6 Å². The first-order chi connectivity index (χ1) is 13.6. The second kappa shape index (κ2) is 8.99. The minimum absolute atomic E-state index is 0.507. The molecule has 2 aromatic carbocycles. The molecule has 1 unspecified atom stereocenters. The molecule has 4 heteroatoms. The summed E-state index contributed by atoms with van der Waals surface area (Å²) in [4.78, 5) is 13.7. The van der Waals surface area contributed by atoms with E-state index >= 15 is 0 Å². The molecule has 0 aliphatic carbocycles. The van der Waals surface area contributed by atoms with Gasteiger partial charge in [0.05, 0.1) is 5.54 Å². The van der Waals surface area contributed by atoms with Crippen LogP contribution in [0.25, 0.3) is 11.1 Å². The van der Waals surface area contributed by atoms with Gasteiger partial charge in [0.15, 0.2) is 6.23 Å². The summed E-state index contributed by atoms with van der Waals surface area (Å²) >= 11 is 0. The fraction of sp³-hybridized carbons (Fsp3) is 0.320. The first kappa shape index (κ1) is 22.3. The molecule has 1 amide bonds. The smallest absolute Gasteiger partial charge is 0.410 e. The number of carbonyl (C=O) groups is 1. The average molecular weight is 394 g/mol. The Bertz CT molecular complexity index is 914. The lowest BCUT2D eigenvalue weighted by atomic mass is 9.89. The van der Waals surface area contributed by atoms with Gasteiger partial charge in [-0.2, -0.15) is 0 Å². The molecule has 0 aliphatic rings. The minimum atomic E-state index is -1.03. The van der Waals surface area contributed by atoms with E-state index in [2.05, 4.69) is 13.2 Å². The SMILES string of the molecule is C=C(C)c1cccc(OC(CC)N(C(=O)O)C(C)(C)c2cccc(C(=C)C)c2)c1. The van der Waals surface area contributed by atoms with Gasteiger partial charge in [-0.3, -0.25) is 4.90 Å². The van der Waals surface area contributed by atoms with Gasteiger partial charge in [0.1, 0.15) is 5.75 Å². The summed E-state index contributed by atoms with van der Waals surface area (Å²) < 4.78 is 6.15. The Morgan fingerprint density at radius 2 is 1.62 bits per heavy atom. The van der Waals surface area contributed by atoms with Gasteiger partial charge in [0.25, 0.3) is 0 Å². The topological polar surface area (TPSA) is 49.8 Å². The zero-order valence-electron chi connectivity index (χ0n) is 18.0. The summed E-state index contributed by atoms with van der Waals surface area (Å²) in [6.45, 7) is 17.5. The van der Waals surface area contributed by atoms with Gasteiger partial charge in [-0.1, -0.05) is 61.6 Å². The molecule has 0 heterocycles. The standard InChI is InChI=1S/C25H31NO3/c1-8-23(29-22-14-10-12-20(16-22)18(4)5)26(24(27)28)25(6,7)21-13-9-11-19(15-21)17(2)3/h9-16,23H,2,4,8H2,1,3,5-7H3,(H,27,28). The van der Waals surface area contributed by atoms with E-state index in [1.165, 1.54) is 4.90 Å². The van der Waals surface area contributed by atoms with Crippen LogP contribution in [0.1, 0.15) is 57.7 Å². The number of benzene rings is 2. The van der Waals surface area contributed by atoms with E-state index in [4.69, 9.17) is 4.74 Å². The van der Waals surface area contributed by atoms with Gasteiger partial charge in [-0.25, -0.2) is 4.79 Å². The van der Waals surface area contributed by atoms with Crippen molar-refractivity contribution in [2.45, 2.75) is 52.8 Å². The van der Waals surface area contributed by atoms with Crippen molar-refractivity contribution in [3.63, 3.8) is 0 Å². The molecule has 0 fully saturated rings. The molecular weight excluding hydrogens is 362 g/mol. The number of allylic oxidation sites excluding steroid dienone is 2. The van der Waals surface area contributed by atoms with Crippen LogP contribution in [0.2, 0.25) is 0 Å². The van der Waals surface area contributed by atoms with Crippen LogP contribution >= 0.6 is 0 Å². The van der Waals surface area contributed by atoms with E-state index in [1.54, 1.807) is 0 Å². The molecular formula is C25H31NO3. The average Bonchev–Trinajstić information content (AvgIpc) is 2.67. The zero-order chi connectivity index (χ0) is 21.8. The summed E-state index contributed by atoms with van der Waals surface area (Å²) in [6.07, 6.45) is -1.16. The molecule has 0 spiro atoms. The van der Waals surface area contributed by atoms with E-state index < -0.39 is 17.9 Å². The van der Waals surface area contributed by atoms with Gasteiger partial charge in [0.2, 0.25) is 0 Å². The van der Waals surface area contributed by atoms with Crippen molar-refractivity contribution in [2.24, 2.45) is 0 Å². The maximum Gasteiger partial charge on any atom is 0.410 e. The molecule has 0 saturated heterocycles. The van der Waals surface area contributed by atoms with Gasteiger partial charge >= 0.3 is 6.09 Å². The summed E-state index contributed by atoms with van der Waals surface area (Å²) in [5.74, 6) is 0.620. The molecule has 4 nitrogen and oxygen atoms in total. The number of amides is 1. The Balaban J connectivity index is 2.43. The summed E-state index contributed by atoms with van der Waals surface area (Å²) in [7, 11) is 0. The monoisotopic (exact) mass is 393 g/mol. The molecule has 2 rings (SSSR count). The van der Waals surface area contributed by atoms with Crippen molar-refractivity contribution in [3.05, 3.63) is 78.4 Å². The van der Waals surface area contributed by atoms with Gasteiger partial charge in [0, 0.05) is 6.42 Å². The lowest BCUT2D eigenvalue weighted by Crippen LogP contribution is -2.53. The van der Waals surface area contributed by atoms with Gasteiger partial charge in [-0.05, 0) is 62.6 Å². The van der Waals surface area contributed by atoms with Crippen LogP contribution in [0.5, 0.6) is 5.75 Å². The molecule has 1 N–H and O–H groups in total. The Hall–Kier alpha value is -3.01. The Kier molecular flexibility index (Phi) is 6.91. The summed E-state index contributed by atoms with van der Waals surface area (Å²) in [6, 6.07) is 15.4. The van der Waals surface area contributed by atoms with Crippen molar-refractivity contribution in [3.8, 4) is 5.75 Å². The molecule has 29 heavy (non-hydrogen) atoms. The van der Waals surface area contributed by atoms with Crippen LogP contribution in [0.3, 0.4) is 0 Å². The number of carboxylic acid groups (broad SMARTS) is 1. The van der Waals surface area contributed by atoms with Crippen molar-refractivity contribution in [1.29, 1.82) is 0 Å². The van der Waals surface area contributed by atoms with Crippen LogP contribution in [0, 0.1) is 0 Å². The predicted molar refractivity (Wildman–Crippen MR) is 120 cm³/mol. The molecule has 1 atom stereocenters. The highest BCUT2D eigenvalue weighted by molar-refractivity contribution is 5.68. The largest absolute Gasteiger partial charge is 0.470 e. The number of nitrogens with zero attached hydrogens (tertiary/aromatic N) is 1. The van der Waals surface area contributed by atoms with E-state index in [0.717, 1.165) is 27.8 Å². The van der Waals surface area contributed by atoms with Gasteiger partial charge in [-0.15, -0.1) is 0 Å². The van der Waals surface area contributed by atoms with Crippen molar-refractivity contribution >= 4 is 17.2 Å². The maximum absolute atomic E-state index is 12.3. The molecule has 0 radical (unpaired) electrons. The predicted octanol–water partition coefficient (Wildman–Crippen LogP) is 6.78. The fourth-order valence-electron chi connectivity index (χ4n) is 3.34. The highest BCUT2D eigenvalue weighted by Crippen LogP contribution is 2.33. The summed E-state index contributed by atoms with van der Waals surface area (Å²) in [5, 5.41) is 10.1. The number of ether oxygens (including phenoxy) is 1. The second-order valence-corrected chi connectivity index (χ2v) is 7.86. The third kappa shape index (κ3) is 5.08. The maximum atomic E-state index is 12.3. The van der Waals surface area contributed by atoms with E-state index in [9.17, 15) is 9.90 Å². The lowest BCUT2D eigenvalue weighted by Gasteiger charge is -2.41. The molecule has 0 saturated carbocycles. The highest BCUT2D eigenvalue weighted by Gasteiger charge is 2.38. The normalized spacial score (nSPS) is 12.2. The Labute approximate surface area is 174 Å². The van der Waals surface area contributed by atoms with Crippen LogP contribution < -0.4 is 4.74 Å². The first-order valence-electron chi connectivity index (χ1n) is 9.79. The second-order valence-electron chi connectivity index (χ2n) is 7.86. The Morgan fingerprint density at radius 3 is 2.14 bits per heavy atom. The van der Waals surface area contributed by atoms with Crippen LogP contribution in [0.4, 0.5) is 4.79 Å². The molecule has 2 aromatic rings. The van der Waals surface area contributed by atoms with Crippen LogP contribution in [0.15, 0.2) is 61.7 Å². The lowest BCUT2D eigenvalue weighted by molar-refractivity contribution is -0.0282. The number of hydrogen-bond acceptors (Lipinski definition) is 2. The highest BCUT2D eigenvalue weighted by atomic mass is 16.5. The van der Waals surface area contributed by atoms with Crippen molar-refractivity contribution in [2.75, 3.05) is 0 Å². The first-order valence-corrected chi connectivity index (χ1v) is 9.79. The van der Waals surface area contributed by atoms with Crippen molar-refractivity contribution in [1.82, 2.24) is 4.90 Å². The molecule has 154 valence electrons. The zero-order valence-corrected chi connectivity index (χ0v) is 18.0. The van der Waals surface area contributed by atoms with Crippen LogP contribution in [-0.2, 0) is 5.54 Å². The number of rotatable bonds is 8. The molecule has 0 aromatic heterocycles. The van der Waals surface area contributed by atoms with E-state index in [1.807, 2.05) is 83.1 Å². The quantitative estimate of drug-likeness (QED) is 0.503. The van der Waals surface area contributed by atoms with E-state index in [-0.39, 0.29) is 0 Å². The third-order valence-corrected chi connectivity index (χ3v) is 5.11. The molecule has 0 bridgehead atoms. The Morgan fingerprint density at radius 1 is 1.07 bits per heavy atom.